The van der Waals surface area contributed by atoms with Crippen molar-refractivity contribution < 1.29 is 9.18 Å². The van der Waals surface area contributed by atoms with E-state index < -0.39 is 0 Å². The van der Waals surface area contributed by atoms with Gasteiger partial charge in [-0.2, -0.15) is 10.1 Å². The van der Waals surface area contributed by atoms with Crippen LogP contribution in [0.1, 0.15) is 47.8 Å². The molecule has 4 rings (SSSR count). The van der Waals surface area contributed by atoms with Crippen molar-refractivity contribution in [2.75, 3.05) is 5.01 Å². The molecule has 32 heavy (non-hydrogen) atoms. The number of amides is 1. The molecule has 0 aliphatic heterocycles. The minimum atomic E-state index is -0.341. The van der Waals surface area contributed by atoms with E-state index in [0.717, 1.165) is 16.7 Å². The number of aromatic nitrogens is 1. The number of hydrogen-bond acceptors (Lipinski definition) is 4. The number of rotatable bonds is 4. The third-order valence-electron chi connectivity index (χ3n) is 5.11. The van der Waals surface area contributed by atoms with Gasteiger partial charge in [-0.1, -0.05) is 74.1 Å². The van der Waals surface area contributed by atoms with Crippen LogP contribution in [0.2, 0.25) is 0 Å². The highest BCUT2D eigenvalue weighted by Crippen LogP contribution is 2.31. The SMILES string of the molecule is Cc1ccc(/C=N/N(C(=O)c2ccc(C(C)(C)C)cc2)c2nc3ccc(F)cc3s2)cc1. The summed E-state index contributed by atoms with van der Waals surface area (Å²) < 4.78 is 14.3. The van der Waals surface area contributed by atoms with Gasteiger partial charge in [-0.05, 0) is 53.8 Å². The van der Waals surface area contributed by atoms with Crippen molar-refractivity contribution in [3.05, 3.63) is 94.8 Å². The lowest BCUT2D eigenvalue weighted by Gasteiger charge is -2.19. The fourth-order valence-corrected chi connectivity index (χ4v) is 4.12. The lowest BCUT2D eigenvalue weighted by Crippen LogP contribution is -2.25. The predicted octanol–water partition coefficient (Wildman–Crippen LogP) is 6.72. The first-order valence-electron chi connectivity index (χ1n) is 10.3. The smallest absolute Gasteiger partial charge is 0.267 e. The Labute approximate surface area is 191 Å². The maximum atomic E-state index is 13.7. The van der Waals surface area contributed by atoms with Gasteiger partial charge in [0.05, 0.1) is 16.4 Å². The molecule has 0 fully saturated rings. The van der Waals surface area contributed by atoms with Crippen molar-refractivity contribution >= 4 is 38.8 Å². The molecule has 0 N–H and O–H groups in total. The summed E-state index contributed by atoms with van der Waals surface area (Å²) in [5, 5.41) is 6.15. The van der Waals surface area contributed by atoms with E-state index in [-0.39, 0.29) is 17.1 Å². The summed E-state index contributed by atoms with van der Waals surface area (Å²) in [6.07, 6.45) is 1.63. The topological polar surface area (TPSA) is 45.6 Å². The zero-order valence-electron chi connectivity index (χ0n) is 18.5. The van der Waals surface area contributed by atoms with Gasteiger partial charge in [-0.25, -0.2) is 9.37 Å². The Morgan fingerprint density at radius 2 is 1.72 bits per heavy atom. The Balaban J connectivity index is 1.73. The highest BCUT2D eigenvalue weighted by atomic mass is 32.1. The molecule has 1 amide bonds. The Morgan fingerprint density at radius 1 is 1.03 bits per heavy atom. The summed E-state index contributed by atoms with van der Waals surface area (Å²) in [5.74, 6) is -0.639. The molecule has 1 aromatic heterocycles. The molecule has 1 heterocycles. The number of thiazole rings is 1. The molecule has 6 heteroatoms. The molecule has 0 atom stereocenters. The Morgan fingerprint density at radius 3 is 2.38 bits per heavy atom. The summed E-state index contributed by atoms with van der Waals surface area (Å²) in [5.41, 5.74) is 4.26. The van der Waals surface area contributed by atoms with Gasteiger partial charge in [0, 0.05) is 5.56 Å². The average Bonchev–Trinajstić information content (AvgIpc) is 3.17. The fraction of sp³-hybridized carbons (Fsp3) is 0.192. The average molecular weight is 446 g/mol. The van der Waals surface area contributed by atoms with Crippen LogP contribution in [0.15, 0.2) is 71.8 Å². The summed E-state index contributed by atoms with van der Waals surface area (Å²) in [7, 11) is 0. The largest absolute Gasteiger partial charge is 0.280 e. The molecule has 0 bridgehead atoms. The van der Waals surface area contributed by atoms with Crippen LogP contribution in [-0.2, 0) is 5.41 Å². The van der Waals surface area contributed by atoms with Gasteiger partial charge >= 0.3 is 0 Å². The first-order valence-corrected chi connectivity index (χ1v) is 11.1. The normalized spacial score (nSPS) is 11.9. The van der Waals surface area contributed by atoms with Crippen LogP contribution in [0.25, 0.3) is 10.2 Å². The molecule has 3 aromatic carbocycles. The van der Waals surface area contributed by atoms with Gasteiger partial charge in [-0.3, -0.25) is 4.79 Å². The molecule has 0 saturated carbocycles. The highest BCUT2D eigenvalue weighted by Gasteiger charge is 2.22. The molecule has 4 aromatic rings. The number of hydrazone groups is 1. The number of benzene rings is 3. The predicted molar refractivity (Wildman–Crippen MR) is 130 cm³/mol. The van der Waals surface area contributed by atoms with Gasteiger partial charge < -0.3 is 0 Å². The molecule has 0 radical (unpaired) electrons. The van der Waals surface area contributed by atoms with Crippen molar-refractivity contribution in [1.29, 1.82) is 0 Å². The van der Waals surface area contributed by atoms with Crippen molar-refractivity contribution in [3.63, 3.8) is 0 Å². The number of aryl methyl sites for hydroxylation is 1. The van der Waals surface area contributed by atoms with E-state index in [1.54, 1.807) is 12.3 Å². The third-order valence-corrected chi connectivity index (χ3v) is 6.10. The maximum Gasteiger partial charge on any atom is 0.280 e. The molecule has 4 nitrogen and oxygen atoms in total. The van der Waals surface area contributed by atoms with Crippen LogP contribution in [0, 0.1) is 12.7 Å². The quantitative estimate of drug-likeness (QED) is 0.258. The van der Waals surface area contributed by atoms with Crippen LogP contribution in [0.4, 0.5) is 9.52 Å². The molecule has 0 aliphatic carbocycles. The van der Waals surface area contributed by atoms with Crippen molar-refractivity contribution in [1.82, 2.24) is 4.98 Å². The van der Waals surface area contributed by atoms with Gasteiger partial charge in [0.2, 0.25) is 5.13 Å². The van der Waals surface area contributed by atoms with Crippen LogP contribution >= 0.6 is 11.3 Å². The molecule has 162 valence electrons. The third kappa shape index (κ3) is 4.75. The van der Waals surface area contributed by atoms with E-state index >= 15 is 0 Å². The lowest BCUT2D eigenvalue weighted by atomic mass is 9.87. The second kappa shape index (κ2) is 8.63. The maximum absolute atomic E-state index is 13.7. The monoisotopic (exact) mass is 445 g/mol. The van der Waals surface area contributed by atoms with Gasteiger partial charge in [0.15, 0.2) is 0 Å². The molecule has 0 spiro atoms. The van der Waals surface area contributed by atoms with Crippen molar-refractivity contribution in [3.8, 4) is 0 Å². The van der Waals surface area contributed by atoms with Crippen LogP contribution < -0.4 is 5.01 Å². The molecule has 0 unspecified atom stereocenters. The number of carbonyl (C=O) groups is 1. The second-order valence-corrected chi connectivity index (χ2v) is 9.72. The summed E-state index contributed by atoms with van der Waals surface area (Å²) in [4.78, 5) is 18.0. The second-order valence-electron chi connectivity index (χ2n) is 8.71. The van der Waals surface area contributed by atoms with Gasteiger partial charge in [-0.15, -0.1) is 0 Å². The minimum absolute atomic E-state index is 0.0119. The minimum Gasteiger partial charge on any atom is -0.267 e. The standard InChI is InChI=1S/C26H24FN3OS/c1-17-5-7-18(8-6-17)16-28-30(25-29-22-14-13-21(27)15-23(22)32-25)24(31)19-9-11-20(12-10-19)26(2,3)4/h5-16H,1-4H3/b28-16+. The van der Waals surface area contributed by atoms with E-state index in [9.17, 15) is 9.18 Å². The number of nitrogens with zero attached hydrogens (tertiary/aromatic N) is 3. The van der Waals surface area contributed by atoms with E-state index in [0.29, 0.717) is 20.9 Å². The molecular formula is C26H24FN3OS. The molecular weight excluding hydrogens is 421 g/mol. The summed E-state index contributed by atoms with van der Waals surface area (Å²) in [6, 6.07) is 19.8. The van der Waals surface area contributed by atoms with Crippen LogP contribution in [0.3, 0.4) is 0 Å². The molecule has 0 aliphatic rings. The number of anilines is 1. The lowest BCUT2D eigenvalue weighted by molar-refractivity contribution is 0.0988. The number of fused-ring (bicyclic) bond motifs is 1. The van der Waals surface area contributed by atoms with Crippen molar-refractivity contribution in [2.45, 2.75) is 33.1 Å². The van der Waals surface area contributed by atoms with E-state index in [1.807, 2.05) is 55.5 Å². The van der Waals surface area contributed by atoms with E-state index in [4.69, 9.17) is 0 Å². The van der Waals surface area contributed by atoms with Gasteiger partial charge in [0.25, 0.3) is 5.91 Å². The first-order chi connectivity index (χ1) is 15.2. The van der Waals surface area contributed by atoms with Crippen LogP contribution in [-0.4, -0.2) is 17.1 Å². The Hall–Kier alpha value is -3.38. The highest BCUT2D eigenvalue weighted by molar-refractivity contribution is 7.22. The molecule has 0 saturated heterocycles. The Kier molecular flexibility index (Phi) is 5.89. The summed E-state index contributed by atoms with van der Waals surface area (Å²) in [6.45, 7) is 8.39. The number of hydrogen-bond donors (Lipinski definition) is 0. The number of carbonyl (C=O) groups excluding carboxylic acids is 1. The van der Waals surface area contributed by atoms with Crippen LogP contribution in [0.5, 0.6) is 0 Å². The van der Waals surface area contributed by atoms with Gasteiger partial charge in [0.1, 0.15) is 5.82 Å². The number of halogens is 1. The van der Waals surface area contributed by atoms with Crippen molar-refractivity contribution in [2.24, 2.45) is 5.10 Å². The zero-order chi connectivity index (χ0) is 22.9. The first kappa shape index (κ1) is 21.8. The summed E-state index contributed by atoms with van der Waals surface area (Å²) >= 11 is 1.23. The van der Waals surface area contributed by atoms with E-state index in [1.165, 1.54) is 28.5 Å². The zero-order valence-corrected chi connectivity index (χ0v) is 19.3. The fourth-order valence-electron chi connectivity index (χ4n) is 3.18. The van der Waals surface area contributed by atoms with E-state index in [2.05, 4.69) is 30.9 Å². The Bertz CT molecular complexity index is 1290.